The highest BCUT2D eigenvalue weighted by Gasteiger charge is 2.17. The second-order valence-electron chi connectivity index (χ2n) is 5.86. The summed E-state index contributed by atoms with van der Waals surface area (Å²) in [6, 6.07) is 9.37. The van der Waals surface area contributed by atoms with Gasteiger partial charge < -0.3 is 5.32 Å². The smallest absolute Gasteiger partial charge is 0.168 e. The highest BCUT2D eigenvalue weighted by Crippen LogP contribution is 2.28. The molecule has 5 heteroatoms. The fraction of sp³-hybridized carbons (Fsp3) is 0.333. The minimum atomic E-state index is -0.0110. The van der Waals surface area contributed by atoms with Crippen molar-refractivity contribution in [1.29, 1.82) is 0 Å². The Labute approximate surface area is 146 Å². The summed E-state index contributed by atoms with van der Waals surface area (Å²) in [7, 11) is 0. The predicted molar refractivity (Wildman–Crippen MR) is 93.6 cm³/mol. The van der Waals surface area contributed by atoms with E-state index in [1.165, 1.54) is 24.6 Å². The summed E-state index contributed by atoms with van der Waals surface area (Å²) in [5, 5.41) is 4.45. The maximum Gasteiger partial charge on any atom is 0.168 e. The number of carbonyl (C=O) groups is 1. The fourth-order valence-corrected chi connectivity index (χ4v) is 3.28. The van der Waals surface area contributed by atoms with Gasteiger partial charge in [-0.25, -0.2) is 4.98 Å². The number of ketones is 1. The lowest BCUT2D eigenvalue weighted by molar-refractivity contribution is 0.0992. The van der Waals surface area contributed by atoms with Gasteiger partial charge in [0.05, 0.1) is 0 Å². The molecule has 1 N–H and O–H groups in total. The standard InChI is InChI=1S/C18H18Cl2N2O/c19-16-8-12(14-2-1-7-21-10-14)3-4-13(16)9-17(23)15-5-6-18(20)22-11-15/h3-6,8,11,14,21H,1-2,7,9-10H2. The lowest BCUT2D eigenvalue weighted by Crippen LogP contribution is -2.28. The van der Waals surface area contributed by atoms with Crippen LogP contribution in [0.2, 0.25) is 10.2 Å². The molecule has 1 aromatic carbocycles. The third-order valence-electron chi connectivity index (χ3n) is 4.25. The summed E-state index contributed by atoms with van der Waals surface area (Å²) in [5.74, 6) is 0.495. The van der Waals surface area contributed by atoms with Crippen LogP contribution in [0.15, 0.2) is 36.5 Å². The number of hydrogen-bond donors (Lipinski definition) is 1. The van der Waals surface area contributed by atoms with E-state index in [0.717, 1.165) is 18.7 Å². The van der Waals surface area contributed by atoms with Crippen LogP contribution in [0, 0.1) is 0 Å². The predicted octanol–water partition coefficient (Wildman–Crippen LogP) is 4.28. The van der Waals surface area contributed by atoms with Crippen molar-refractivity contribution in [3.63, 3.8) is 0 Å². The quantitative estimate of drug-likeness (QED) is 0.662. The van der Waals surface area contributed by atoms with Gasteiger partial charge >= 0.3 is 0 Å². The van der Waals surface area contributed by atoms with E-state index in [4.69, 9.17) is 23.2 Å². The van der Waals surface area contributed by atoms with E-state index in [-0.39, 0.29) is 12.2 Å². The average molecular weight is 349 g/mol. The van der Waals surface area contributed by atoms with Crippen molar-refractivity contribution in [3.8, 4) is 0 Å². The zero-order valence-electron chi connectivity index (χ0n) is 12.7. The zero-order chi connectivity index (χ0) is 16.2. The molecule has 2 aromatic rings. The van der Waals surface area contributed by atoms with E-state index < -0.39 is 0 Å². The van der Waals surface area contributed by atoms with Crippen molar-refractivity contribution >= 4 is 29.0 Å². The first-order valence-electron chi connectivity index (χ1n) is 7.77. The molecule has 0 saturated carbocycles. The summed E-state index contributed by atoms with van der Waals surface area (Å²) < 4.78 is 0. The summed E-state index contributed by atoms with van der Waals surface area (Å²) in [5.41, 5.74) is 2.64. The Bertz CT molecular complexity index is 695. The van der Waals surface area contributed by atoms with Crippen molar-refractivity contribution in [3.05, 3.63) is 63.4 Å². The lowest BCUT2D eigenvalue weighted by atomic mass is 9.90. The van der Waals surface area contributed by atoms with Gasteiger partial charge in [0.2, 0.25) is 0 Å². The molecule has 1 saturated heterocycles. The molecule has 0 radical (unpaired) electrons. The maximum absolute atomic E-state index is 12.3. The van der Waals surface area contributed by atoms with Crippen LogP contribution in [0.25, 0.3) is 0 Å². The van der Waals surface area contributed by atoms with Crippen molar-refractivity contribution in [2.24, 2.45) is 0 Å². The van der Waals surface area contributed by atoms with Gasteiger partial charge in [0.1, 0.15) is 5.15 Å². The van der Waals surface area contributed by atoms with Crippen LogP contribution in [0.4, 0.5) is 0 Å². The number of nitrogens with one attached hydrogen (secondary N) is 1. The van der Waals surface area contributed by atoms with E-state index >= 15 is 0 Å². The van der Waals surface area contributed by atoms with Gasteiger partial charge in [-0.3, -0.25) is 4.79 Å². The Morgan fingerprint density at radius 1 is 1.26 bits per heavy atom. The first kappa shape index (κ1) is 16.4. The molecule has 1 fully saturated rings. The molecule has 23 heavy (non-hydrogen) atoms. The van der Waals surface area contributed by atoms with E-state index in [2.05, 4.69) is 16.4 Å². The second-order valence-corrected chi connectivity index (χ2v) is 6.66. The normalized spacial score (nSPS) is 17.9. The zero-order valence-corrected chi connectivity index (χ0v) is 14.2. The monoisotopic (exact) mass is 348 g/mol. The second kappa shape index (κ2) is 7.43. The third-order valence-corrected chi connectivity index (χ3v) is 4.82. The number of nitrogens with zero attached hydrogens (tertiary/aromatic N) is 1. The summed E-state index contributed by atoms with van der Waals surface area (Å²) in [6.07, 6.45) is 4.14. The van der Waals surface area contributed by atoms with Crippen LogP contribution < -0.4 is 5.32 Å². The Hall–Kier alpha value is -1.42. The molecule has 1 atom stereocenters. The highest BCUT2D eigenvalue weighted by molar-refractivity contribution is 6.31. The number of carbonyl (C=O) groups excluding carboxylic acids is 1. The molecule has 120 valence electrons. The van der Waals surface area contributed by atoms with Crippen LogP contribution in [0.5, 0.6) is 0 Å². The van der Waals surface area contributed by atoms with Gasteiger partial charge in [-0.2, -0.15) is 0 Å². The van der Waals surface area contributed by atoms with Crippen LogP contribution in [0.3, 0.4) is 0 Å². The molecule has 1 aliphatic rings. The Balaban J connectivity index is 1.73. The minimum Gasteiger partial charge on any atom is -0.316 e. The number of halogens is 2. The minimum absolute atomic E-state index is 0.0110. The maximum atomic E-state index is 12.3. The molecule has 1 aliphatic heterocycles. The van der Waals surface area contributed by atoms with Gasteiger partial charge in [0.25, 0.3) is 0 Å². The van der Waals surface area contributed by atoms with Gasteiger partial charge in [-0.1, -0.05) is 35.3 Å². The molecule has 1 aromatic heterocycles. The van der Waals surface area contributed by atoms with Crippen molar-refractivity contribution in [2.75, 3.05) is 13.1 Å². The molecule has 0 amide bonds. The van der Waals surface area contributed by atoms with E-state index in [9.17, 15) is 4.79 Å². The molecule has 3 nitrogen and oxygen atoms in total. The number of pyridine rings is 1. The van der Waals surface area contributed by atoms with E-state index in [1.807, 2.05) is 12.1 Å². The molecular weight excluding hydrogens is 331 g/mol. The number of piperidine rings is 1. The van der Waals surface area contributed by atoms with E-state index in [0.29, 0.717) is 21.7 Å². The molecule has 2 heterocycles. The molecule has 0 aliphatic carbocycles. The van der Waals surface area contributed by atoms with Gasteiger partial charge in [-0.05, 0) is 54.6 Å². The Morgan fingerprint density at radius 3 is 2.78 bits per heavy atom. The van der Waals surface area contributed by atoms with Crippen molar-refractivity contribution in [2.45, 2.75) is 25.2 Å². The average Bonchev–Trinajstić information content (AvgIpc) is 2.58. The summed E-state index contributed by atoms with van der Waals surface area (Å²) in [6.45, 7) is 2.08. The van der Waals surface area contributed by atoms with Crippen LogP contribution in [-0.2, 0) is 6.42 Å². The molecule has 0 bridgehead atoms. The molecule has 1 unspecified atom stereocenters. The van der Waals surface area contributed by atoms with Gasteiger partial charge in [-0.15, -0.1) is 0 Å². The largest absolute Gasteiger partial charge is 0.316 e. The molecule has 0 spiro atoms. The number of hydrogen-bond acceptors (Lipinski definition) is 3. The molecular formula is C18H18Cl2N2O. The molecule has 3 rings (SSSR count). The number of rotatable bonds is 4. The van der Waals surface area contributed by atoms with Crippen molar-refractivity contribution < 1.29 is 4.79 Å². The SMILES string of the molecule is O=C(Cc1ccc(C2CCCNC2)cc1Cl)c1ccc(Cl)nc1. The van der Waals surface area contributed by atoms with Crippen LogP contribution in [-0.4, -0.2) is 23.9 Å². The van der Waals surface area contributed by atoms with Crippen LogP contribution >= 0.6 is 23.2 Å². The topological polar surface area (TPSA) is 42.0 Å². The third kappa shape index (κ3) is 4.11. The lowest BCUT2D eigenvalue weighted by Gasteiger charge is -2.23. The number of benzene rings is 1. The van der Waals surface area contributed by atoms with Gasteiger partial charge in [0, 0.05) is 29.7 Å². The number of Topliss-reactive ketones (excluding diaryl/α,β-unsaturated/α-hetero) is 1. The summed E-state index contributed by atoms with van der Waals surface area (Å²) in [4.78, 5) is 16.3. The van der Waals surface area contributed by atoms with Gasteiger partial charge in [0.15, 0.2) is 5.78 Å². The Kier molecular flexibility index (Phi) is 5.31. The number of aromatic nitrogens is 1. The summed E-state index contributed by atoms with van der Waals surface area (Å²) >= 11 is 12.1. The van der Waals surface area contributed by atoms with Crippen molar-refractivity contribution in [1.82, 2.24) is 10.3 Å². The fourth-order valence-electron chi connectivity index (χ4n) is 2.91. The first-order valence-corrected chi connectivity index (χ1v) is 8.53. The van der Waals surface area contributed by atoms with Crippen LogP contribution in [0.1, 0.15) is 40.2 Å². The van der Waals surface area contributed by atoms with E-state index in [1.54, 1.807) is 12.1 Å². The Morgan fingerprint density at radius 2 is 2.13 bits per heavy atom. The highest BCUT2D eigenvalue weighted by atomic mass is 35.5. The first-order chi connectivity index (χ1) is 11.1.